The molecule has 1 amide bonds. The first-order chi connectivity index (χ1) is 13.0. The third-order valence-electron chi connectivity index (χ3n) is 6.02. The zero-order chi connectivity index (χ0) is 19.1. The Kier molecular flexibility index (Phi) is 4.50. The van der Waals surface area contributed by atoms with Crippen LogP contribution >= 0.6 is 11.6 Å². The Morgan fingerprint density at radius 1 is 1.19 bits per heavy atom. The van der Waals surface area contributed by atoms with Gasteiger partial charge in [0.2, 0.25) is 0 Å². The van der Waals surface area contributed by atoms with Crippen molar-refractivity contribution in [2.75, 3.05) is 5.32 Å². The van der Waals surface area contributed by atoms with Crippen LogP contribution in [0.2, 0.25) is 5.02 Å². The normalized spacial score (nSPS) is 22.8. The highest BCUT2D eigenvalue weighted by molar-refractivity contribution is 6.34. The average molecular weight is 390 g/mol. The second-order valence-electron chi connectivity index (χ2n) is 7.69. The van der Waals surface area contributed by atoms with Crippen molar-refractivity contribution in [1.82, 2.24) is 9.88 Å². The molecule has 2 heterocycles. The zero-order valence-electron chi connectivity index (χ0n) is 15.1. The smallest absolute Gasteiger partial charge is 0.276 e. The summed E-state index contributed by atoms with van der Waals surface area (Å²) in [6.45, 7) is 0. The van der Waals surface area contributed by atoms with E-state index in [4.69, 9.17) is 17.3 Å². The van der Waals surface area contributed by atoms with Gasteiger partial charge in [0, 0.05) is 6.20 Å². The number of nitrogens with two attached hydrogens (primary N) is 1. The lowest BCUT2D eigenvalue weighted by atomic mass is 9.97. The van der Waals surface area contributed by atoms with Crippen molar-refractivity contribution in [3.63, 3.8) is 0 Å². The van der Waals surface area contributed by atoms with Gasteiger partial charge in [0.1, 0.15) is 17.0 Å². The monoisotopic (exact) mass is 389 g/mol. The number of halogens is 1. The third-order valence-corrected chi connectivity index (χ3v) is 6.31. The molecule has 2 saturated carbocycles. The van der Waals surface area contributed by atoms with Crippen LogP contribution in [0.15, 0.2) is 28.1 Å². The molecule has 7 nitrogen and oxygen atoms in total. The fourth-order valence-corrected chi connectivity index (χ4v) is 5.05. The molecule has 1 spiro atoms. The third kappa shape index (κ3) is 2.94. The van der Waals surface area contributed by atoms with Crippen molar-refractivity contribution in [3.8, 4) is 0 Å². The molecular formula is C19H24ClN5O2. The molecule has 1 aliphatic heterocycles. The van der Waals surface area contributed by atoms with Crippen LogP contribution < -0.4 is 21.9 Å². The molecule has 1 aromatic heterocycles. The number of carbonyl (C=O) groups excluding carboxylic acids is 1. The van der Waals surface area contributed by atoms with Crippen LogP contribution in [0.25, 0.3) is 0 Å². The fraction of sp³-hybridized carbons (Fsp3) is 0.526. The van der Waals surface area contributed by atoms with E-state index in [1.807, 2.05) is 6.08 Å². The molecule has 4 N–H and O–H groups in total. The lowest BCUT2D eigenvalue weighted by Gasteiger charge is -2.30. The highest BCUT2D eigenvalue weighted by Gasteiger charge is 2.47. The molecule has 2 aliphatic carbocycles. The van der Waals surface area contributed by atoms with E-state index in [-0.39, 0.29) is 22.7 Å². The van der Waals surface area contributed by atoms with E-state index in [1.54, 1.807) is 16.8 Å². The molecule has 0 bridgehead atoms. The molecule has 8 heteroatoms. The Morgan fingerprint density at radius 2 is 1.85 bits per heavy atom. The number of fused-ring (bicyclic) bond motifs is 2. The van der Waals surface area contributed by atoms with Gasteiger partial charge in [-0.2, -0.15) is 0 Å². The van der Waals surface area contributed by atoms with Crippen molar-refractivity contribution in [2.45, 2.75) is 62.6 Å². The van der Waals surface area contributed by atoms with E-state index in [1.165, 1.54) is 6.34 Å². The molecule has 144 valence electrons. The highest BCUT2D eigenvalue weighted by atomic mass is 35.5. The fourth-order valence-electron chi connectivity index (χ4n) is 4.77. The van der Waals surface area contributed by atoms with Gasteiger partial charge in [-0.3, -0.25) is 14.2 Å². The molecule has 4 rings (SSSR count). The van der Waals surface area contributed by atoms with Gasteiger partial charge in [0.05, 0.1) is 16.9 Å². The second-order valence-corrected chi connectivity index (χ2v) is 8.10. The van der Waals surface area contributed by atoms with Crippen molar-refractivity contribution < 1.29 is 4.79 Å². The maximum Gasteiger partial charge on any atom is 0.276 e. The van der Waals surface area contributed by atoms with Gasteiger partial charge < -0.3 is 16.4 Å². The lowest BCUT2D eigenvalue weighted by molar-refractivity contribution is 0.0920. The first-order valence-corrected chi connectivity index (χ1v) is 9.86. The van der Waals surface area contributed by atoms with E-state index in [0.717, 1.165) is 51.4 Å². The number of aromatic nitrogens is 1. The minimum absolute atomic E-state index is 0.198. The van der Waals surface area contributed by atoms with Gasteiger partial charge in [-0.25, -0.2) is 4.99 Å². The molecule has 0 radical (unpaired) electrons. The van der Waals surface area contributed by atoms with E-state index in [9.17, 15) is 9.59 Å². The summed E-state index contributed by atoms with van der Waals surface area (Å²) >= 11 is 6.44. The van der Waals surface area contributed by atoms with E-state index >= 15 is 0 Å². The highest BCUT2D eigenvalue weighted by Crippen LogP contribution is 2.40. The van der Waals surface area contributed by atoms with Crippen LogP contribution in [0.3, 0.4) is 0 Å². The summed E-state index contributed by atoms with van der Waals surface area (Å²) in [5.41, 5.74) is 4.83. The Bertz CT molecular complexity index is 877. The van der Waals surface area contributed by atoms with Crippen LogP contribution in [0.4, 0.5) is 5.69 Å². The Morgan fingerprint density at radius 3 is 2.52 bits per heavy atom. The average Bonchev–Trinajstić information content (AvgIpc) is 3.34. The molecule has 0 unspecified atom stereocenters. The summed E-state index contributed by atoms with van der Waals surface area (Å²) in [5, 5.41) is 6.73. The van der Waals surface area contributed by atoms with Crippen LogP contribution in [-0.2, 0) is 5.66 Å². The number of anilines is 1. The van der Waals surface area contributed by atoms with Gasteiger partial charge in [-0.15, -0.1) is 0 Å². The number of aliphatic imine (C=N–C) groups is 1. The second kappa shape index (κ2) is 6.71. The number of amides is 1. The van der Waals surface area contributed by atoms with Gasteiger partial charge in [-0.05, 0) is 50.7 Å². The SMILES string of the molecule is N/C=N\C=C/C1(Nc2cc(Cl)c3n(c2=O)C2(CCCC2)NC3=O)CCCC1. The summed E-state index contributed by atoms with van der Waals surface area (Å²) in [4.78, 5) is 29.8. The van der Waals surface area contributed by atoms with Crippen molar-refractivity contribution in [2.24, 2.45) is 10.7 Å². The topological polar surface area (TPSA) is 102 Å². The van der Waals surface area contributed by atoms with Crippen molar-refractivity contribution in [3.05, 3.63) is 39.4 Å². The van der Waals surface area contributed by atoms with Gasteiger partial charge in [0.15, 0.2) is 0 Å². The van der Waals surface area contributed by atoms with Crippen LogP contribution in [0, 0.1) is 0 Å². The Balaban J connectivity index is 1.78. The number of nitrogens with one attached hydrogen (secondary N) is 2. The first kappa shape index (κ1) is 18.1. The van der Waals surface area contributed by atoms with Crippen LogP contribution in [-0.4, -0.2) is 22.4 Å². The minimum Gasteiger partial charge on any atom is -0.390 e. The quantitative estimate of drug-likeness (QED) is 0.544. The van der Waals surface area contributed by atoms with Gasteiger partial charge in [0.25, 0.3) is 11.5 Å². The van der Waals surface area contributed by atoms with Crippen LogP contribution in [0.1, 0.15) is 61.9 Å². The predicted molar refractivity (Wildman–Crippen MR) is 106 cm³/mol. The number of rotatable bonds is 4. The minimum atomic E-state index is -0.632. The molecule has 3 aliphatic rings. The summed E-state index contributed by atoms with van der Waals surface area (Å²) in [7, 11) is 0. The maximum absolute atomic E-state index is 13.4. The summed E-state index contributed by atoms with van der Waals surface area (Å²) in [6.07, 6.45) is 12.2. The Labute approximate surface area is 162 Å². The van der Waals surface area contributed by atoms with Crippen LogP contribution in [0.5, 0.6) is 0 Å². The summed E-state index contributed by atoms with van der Waals surface area (Å²) < 4.78 is 1.59. The largest absolute Gasteiger partial charge is 0.390 e. The first-order valence-electron chi connectivity index (χ1n) is 9.48. The molecule has 0 saturated heterocycles. The predicted octanol–water partition coefficient (Wildman–Crippen LogP) is 2.70. The van der Waals surface area contributed by atoms with Gasteiger partial charge >= 0.3 is 0 Å². The molecule has 27 heavy (non-hydrogen) atoms. The molecule has 1 aromatic rings. The molecule has 0 aromatic carbocycles. The summed E-state index contributed by atoms with van der Waals surface area (Å²) in [5.74, 6) is -0.265. The Hall–Kier alpha value is -2.28. The van der Waals surface area contributed by atoms with Gasteiger partial charge in [-0.1, -0.05) is 24.4 Å². The van der Waals surface area contributed by atoms with E-state index in [0.29, 0.717) is 10.7 Å². The number of carbonyl (C=O) groups is 1. The molecule has 0 atom stereocenters. The van der Waals surface area contributed by atoms with E-state index in [2.05, 4.69) is 15.6 Å². The van der Waals surface area contributed by atoms with E-state index < -0.39 is 5.66 Å². The standard InChI is InChI=1S/C19H24ClN5O2/c20-13-11-14(23-18(5-1-2-6-18)9-10-22-12-21)17(27)25-15(13)16(26)24-19(25)7-3-4-8-19/h9-12,23H,1-8H2,(H2,21,22)(H,24,26)/b10-9-. The number of pyridine rings is 1. The lowest BCUT2D eigenvalue weighted by Crippen LogP contribution is -2.46. The molecular weight excluding hydrogens is 366 g/mol. The number of hydrogen-bond acceptors (Lipinski definition) is 4. The number of nitrogens with zero attached hydrogens (tertiary/aromatic N) is 2. The molecule has 2 fully saturated rings. The maximum atomic E-state index is 13.4. The summed E-state index contributed by atoms with van der Waals surface area (Å²) in [6, 6.07) is 1.59. The zero-order valence-corrected chi connectivity index (χ0v) is 15.9. The number of hydrogen-bond donors (Lipinski definition) is 3. The van der Waals surface area contributed by atoms with Crippen molar-refractivity contribution in [1.29, 1.82) is 0 Å². The van der Waals surface area contributed by atoms with Crippen molar-refractivity contribution >= 4 is 29.5 Å².